The molecule has 0 aliphatic heterocycles. The maximum atomic E-state index is 13.2. The van der Waals surface area contributed by atoms with Crippen LogP contribution in [0.3, 0.4) is 0 Å². The number of anilines is 1. The molecule has 0 atom stereocenters. The van der Waals surface area contributed by atoms with E-state index in [0.717, 1.165) is 29.8 Å². The molecule has 0 fully saturated rings. The minimum atomic E-state index is -0.458. The van der Waals surface area contributed by atoms with Gasteiger partial charge in [0.15, 0.2) is 0 Å². The largest absolute Gasteiger partial charge is 0.445 e. The molecule has 0 saturated carbocycles. The topological polar surface area (TPSA) is 54.5 Å². The highest BCUT2D eigenvalue weighted by Gasteiger charge is 2.11. The minimum Gasteiger partial charge on any atom is -0.445 e. The van der Waals surface area contributed by atoms with Crippen molar-refractivity contribution < 1.29 is 13.9 Å². The average Bonchev–Trinajstić information content (AvgIpc) is 2.78. The molecule has 162 valence electrons. The molecule has 0 bridgehead atoms. The molecule has 1 amide bonds. The van der Waals surface area contributed by atoms with E-state index in [0.29, 0.717) is 23.9 Å². The molecule has 1 aromatic heterocycles. The number of benzene rings is 2. The zero-order valence-corrected chi connectivity index (χ0v) is 18.1. The highest BCUT2D eigenvalue weighted by atomic mass is 35.5. The minimum absolute atomic E-state index is 0.229. The highest BCUT2D eigenvalue weighted by Crippen LogP contribution is 2.26. The first-order chi connectivity index (χ1) is 15.0. The van der Waals surface area contributed by atoms with Crippen molar-refractivity contribution in [3.8, 4) is 11.3 Å². The number of hydrogen-bond acceptors (Lipinski definition) is 4. The average molecular weight is 442 g/mol. The predicted octanol–water partition coefficient (Wildman–Crippen LogP) is 5.68. The van der Waals surface area contributed by atoms with Crippen LogP contribution < -0.4 is 10.2 Å². The lowest BCUT2D eigenvalue weighted by Gasteiger charge is -2.25. The van der Waals surface area contributed by atoms with Crippen molar-refractivity contribution >= 4 is 23.4 Å². The lowest BCUT2D eigenvalue weighted by atomic mass is 10.1. The van der Waals surface area contributed by atoms with Crippen LogP contribution in [0.5, 0.6) is 0 Å². The van der Waals surface area contributed by atoms with Gasteiger partial charge in [0.2, 0.25) is 0 Å². The van der Waals surface area contributed by atoms with Gasteiger partial charge >= 0.3 is 6.09 Å². The summed E-state index contributed by atoms with van der Waals surface area (Å²) < 4.78 is 18.5. The second-order valence-corrected chi connectivity index (χ2v) is 7.40. The lowest BCUT2D eigenvalue weighted by Crippen LogP contribution is -2.35. The van der Waals surface area contributed by atoms with Crippen LogP contribution in [0.25, 0.3) is 11.3 Å². The molecule has 0 aliphatic carbocycles. The van der Waals surface area contributed by atoms with E-state index in [-0.39, 0.29) is 12.4 Å². The molecule has 31 heavy (non-hydrogen) atoms. The van der Waals surface area contributed by atoms with Crippen LogP contribution in [0.1, 0.15) is 18.9 Å². The van der Waals surface area contributed by atoms with E-state index < -0.39 is 6.09 Å². The fraction of sp³-hybridized carbons (Fsp3) is 0.250. The van der Waals surface area contributed by atoms with Gasteiger partial charge in [0.25, 0.3) is 0 Å². The summed E-state index contributed by atoms with van der Waals surface area (Å²) in [7, 11) is 0. The molecule has 1 N–H and O–H groups in total. The summed E-state index contributed by atoms with van der Waals surface area (Å²) in [4.78, 5) is 18.5. The van der Waals surface area contributed by atoms with Gasteiger partial charge in [-0.05, 0) is 48.4 Å². The first kappa shape index (κ1) is 22.6. The number of halogens is 2. The predicted molar refractivity (Wildman–Crippen MR) is 122 cm³/mol. The monoisotopic (exact) mass is 441 g/mol. The van der Waals surface area contributed by atoms with Crippen LogP contribution in [-0.4, -0.2) is 30.7 Å². The molecule has 3 aromatic rings. The summed E-state index contributed by atoms with van der Waals surface area (Å²) in [6.07, 6.45) is 0.463. The van der Waals surface area contributed by atoms with Crippen molar-refractivity contribution in [2.24, 2.45) is 0 Å². The third-order valence-corrected chi connectivity index (χ3v) is 4.83. The molecule has 0 radical (unpaired) electrons. The quantitative estimate of drug-likeness (QED) is 0.434. The molecular weight excluding hydrogens is 417 g/mol. The van der Waals surface area contributed by atoms with Crippen molar-refractivity contribution in [2.75, 3.05) is 24.5 Å². The molecule has 0 saturated heterocycles. The van der Waals surface area contributed by atoms with Crippen LogP contribution >= 0.6 is 11.6 Å². The van der Waals surface area contributed by atoms with E-state index in [4.69, 9.17) is 16.3 Å². The molecule has 0 aliphatic rings. The highest BCUT2D eigenvalue weighted by molar-refractivity contribution is 6.29. The number of hydrogen-bond donors (Lipinski definition) is 1. The van der Waals surface area contributed by atoms with Gasteiger partial charge < -0.3 is 15.0 Å². The molecule has 0 unspecified atom stereocenters. The molecule has 3 rings (SSSR count). The van der Waals surface area contributed by atoms with Gasteiger partial charge in [-0.15, -0.1) is 0 Å². The standard InChI is InChI=1S/C24H25ClFN3O2/c1-2-13-29(14-12-27-24(30)31-17-18-6-4-3-5-7-18)21-15-22(28-23(25)16-21)19-8-10-20(26)11-9-19/h3-11,15-16H,2,12-14,17H2,1H3,(H,27,30). The number of pyridine rings is 1. The number of nitrogens with one attached hydrogen (secondary N) is 1. The second kappa shape index (κ2) is 11.3. The van der Waals surface area contributed by atoms with E-state index in [1.165, 1.54) is 12.1 Å². The van der Waals surface area contributed by atoms with E-state index in [1.54, 1.807) is 18.2 Å². The van der Waals surface area contributed by atoms with Crippen molar-refractivity contribution in [2.45, 2.75) is 20.0 Å². The number of carbonyl (C=O) groups is 1. The second-order valence-electron chi connectivity index (χ2n) is 7.02. The van der Waals surface area contributed by atoms with Crippen LogP contribution in [-0.2, 0) is 11.3 Å². The number of carbonyl (C=O) groups excluding carboxylic acids is 1. The zero-order valence-electron chi connectivity index (χ0n) is 17.4. The zero-order chi connectivity index (χ0) is 22.1. The van der Waals surface area contributed by atoms with Gasteiger partial charge in [-0.1, -0.05) is 48.9 Å². The van der Waals surface area contributed by atoms with Crippen molar-refractivity contribution in [3.63, 3.8) is 0 Å². The number of aromatic nitrogens is 1. The van der Waals surface area contributed by atoms with Crippen LogP contribution in [0.15, 0.2) is 66.7 Å². The normalized spacial score (nSPS) is 10.5. The number of nitrogens with zero attached hydrogens (tertiary/aromatic N) is 2. The van der Waals surface area contributed by atoms with Gasteiger partial charge in [0, 0.05) is 30.9 Å². The summed E-state index contributed by atoms with van der Waals surface area (Å²) in [5.41, 5.74) is 3.27. The van der Waals surface area contributed by atoms with Crippen LogP contribution in [0.4, 0.5) is 14.9 Å². The molecule has 0 spiro atoms. The summed E-state index contributed by atoms with van der Waals surface area (Å²) in [5.74, 6) is -0.302. The Morgan fingerprint density at radius 1 is 1.10 bits per heavy atom. The summed E-state index contributed by atoms with van der Waals surface area (Å²) in [5, 5.41) is 3.14. The van der Waals surface area contributed by atoms with Crippen molar-refractivity contribution in [3.05, 3.63) is 83.3 Å². The molecular formula is C24H25ClFN3O2. The Kier molecular flexibility index (Phi) is 8.24. The van der Waals surface area contributed by atoms with E-state index >= 15 is 0 Å². The summed E-state index contributed by atoms with van der Waals surface area (Å²) in [6, 6.07) is 19.4. The van der Waals surface area contributed by atoms with Crippen molar-refractivity contribution in [1.29, 1.82) is 0 Å². The van der Waals surface area contributed by atoms with Gasteiger partial charge in [0.1, 0.15) is 17.6 Å². The van der Waals surface area contributed by atoms with Gasteiger partial charge in [-0.3, -0.25) is 0 Å². The Morgan fingerprint density at radius 3 is 2.55 bits per heavy atom. The third-order valence-electron chi connectivity index (χ3n) is 4.64. The van der Waals surface area contributed by atoms with Gasteiger partial charge in [0.05, 0.1) is 5.69 Å². The van der Waals surface area contributed by atoms with E-state index in [2.05, 4.69) is 22.1 Å². The van der Waals surface area contributed by atoms with Gasteiger partial charge in [-0.2, -0.15) is 0 Å². The van der Waals surface area contributed by atoms with Gasteiger partial charge in [-0.25, -0.2) is 14.2 Å². The maximum absolute atomic E-state index is 13.2. The Bertz CT molecular complexity index is 984. The fourth-order valence-electron chi connectivity index (χ4n) is 3.14. The Labute approximate surface area is 186 Å². The van der Waals surface area contributed by atoms with E-state index in [9.17, 15) is 9.18 Å². The van der Waals surface area contributed by atoms with Crippen LogP contribution in [0.2, 0.25) is 5.15 Å². The van der Waals surface area contributed by atoms with Crippen LogP contribution in [0, 0.1) is 5.82 Å². The third kappa shape index (κ3) is 6.96. The molecule has 1 heterocycles. The molecule has 7 heteroatoms. The number of ether oxygens (including phenoxy) is 1. The first-order valence-corrected chi connectivity index (χ1v) is 10.6. The fourth-order valence-corrected chi connectivity index (χ4v) is 3.34. The lowest BCUT2D eigenvalue weighted by molar-refractivity contribution is 0.140. The molecule has 5 nitrogen and oxygen atoms in total. The number of amides is 1. The number of alkyl carbamates (subject to hydrolysis) is 1. The van der Waals surface area contributed by atoms with E-state index in [1.807, 2.05) is 36.4 Å². The Hall–Kier alpha value is -3.12. The summed E-state index contributed by atoms with van der Waals surface area (Å²) >= 11 is 6.26. The smallest absolute Gasteiger partial charge is 0.407 e. The Morgan fingerprint density at radius 2 is 1.84 bits per heavy atom. The number of rotatable bonds is 9. The van der Waals surface area contributed by atoms with Crippen molar-refractivity contribution in [1.82, 2.24) is 10.3 Å². The Balaban J connectivity index is 1.61. The maximum Gasteiger partial charge on any atom is 0.407 e. The first-order valence-electron chi connectivity index (χ1n) is 10.2. The SMILES string of the molecule is CCCN(CCNC(=O)OCc1ccccc1)c1cc(Cl)nc(-c2ccc(F)cc2)c1. The summed E-state index contributed by atoms with van der Waals surface area (Å²) in [6.45, 7) is 4.09. The molecule has 2 aromatic carbocycles.